The summed E-state index contributed by atoms with van der Waals surface area (Å²) in [6, 6.07) is 0. The number of unbranched alkanes of at least 4 members (excludes halogenated alkanes) is 1. The van der Waals surface area contributed by atoms with Crippen molar-refractivity contribution in [2.24, 2.45) is 0 Å². The first-order valence-corrected chi connectivity index (χ1v) is 7.62. The minimum Gasteiger partial charge on any atom is -0.379 e. The van der Waals surface area contributed by atoms with Crippen molar-refractivity contribution in [1.29, 1.82) is 0 Å². The van der Waals surface area contributed by atoms with Crippen molar-refractivity contribution in [2.45, 2.75) is 24.5 Å². The number of nitrogens with zero attached hydrogens (tertiary/aromatic N) is 1. The minimum atomic E-state index is 0.874. The van der Waals surface area contributed by atoms with Gasteiger partial charge in [0.2, 0.25) is 0 Å². The SMILES string of the molecule is C(CCN1CCOCC1)CC1CNCCS1. The minimum absolute atomic E-state index is 0.874. The van der Waals surface area contributed by atoms with Gasteiger partial charge in [-0.2, -0.15) is 11.8 Å². The summed E-state index contributed by atoms with van der Waals surface area (Å²) in [7, 11) is 0. The predicted octanol–water partition coefficient (Wildman–Crippen LogP) is 1.19. The lowest BCUT2D eigenvalue weighted by atomic mass is 10.1. The lowest BCUT2D eigenvalue weighted by molar-refractivity contribution is 0.0371. The van der Waals surface area contributed by atoms with Crippen LogP contribution in [-0.4, -0.2) is 61.8 Å². The molecule has 0 aromatic carbocycles. The van der Waals surface area contributed by atoms with Gasteiger partial charge in [-0.3, -0.25) is 4.90 Å². The van der Waals surface area contributed by atoms with Crippen LogP contribution >= 0.6 is 11.8 Å². The van der Waals surface area contributed by atoms with Gasteiger partial charge in [0.05, 0.1) is 13.2 Å². The van der Waals surface area contributed by atoms with Crippen molar-refractivity contribution in [1.82, 2.24) is 10.2 Å². The Morgan fingerprint density at radius 2 is 2.12 bits per heavy atom. The molecule has 3 nitrogen and oxygen atoms in total. The highest BCUT2D eigenvalue weighted by Gasteiger charge is 2.13. The van der Waals surface area contributed by atoms with Gasteiger partial charge >= 0.3 is 0 Å². The Morgan fingerprint density at radius 1 is 1.25 bits per heavy atom. The van der Waals surface area contributed by atoms with E-state index in [1.807, 2.05) is 0 Å². The quantitative estimate of drug-likeness (QED) is 0.734. The van der Waals surface area contributed by atoms with E-state index in [1.54, 1.807) is 0 Å². The van der Waals surface area contributed by atoms with Crippen LogP contribution in [0.5, 0.6) is 0 Å². The van der Waals surface area contributed by atoms with E-state index in [0.717, 1.165) is 31.6 Å². The Kier molecular flexibility index (Phi) is 5.97. The van der Waals surface area contributed by atoms with Gasteiger partial charge in [-0.15, -0.1) is 0 Å². The number of nitrogens with one attached hydrogen (secondary N) is 1. The summed E-state index contributed by atoms with van der Waals surface area (Å²) in [6.45, 7) is 7.84. The molecule has 0 aromatic heterocycles. The van der Waals surface area contributed by atoms with Crippen molar-refractivity contribution in [3.8, 4) is 0 Å². The van der Waals surface area contributed by atoms with Crippen LogP contribution in [0.15, 0.2) is 0 Å². The normalized spacial score (nSPS) is 28.1. The first-order valence-electron chi connectivity index (χ1n) is 6.57. The average Bonchev–Trinajstić information content (AvgIpc) is 2.37. The molecule has 1 unspecified atom stereocenters. The summed E-state index contributed by atoms with van der Waals surface area (Å²) in [5.41, 5.74) is 0. The van der Waals surface area contributed by atoms with E-state index in [1.165, 1.54) is 44.6 Å². The van der Waals surface area contributed by atoms with Crippen LogP contribution in [0.3, 0.4) is 0 Å². The second kappa shape index (κ2) is 7.54. The molecule has 2 saturated heterocycles. The number of rotatable bonds is 5. The van der Waals surface area contributed by atoms with Gasteiger partial charge in [-0.1, -0.05) is 6.42 Å². The first-order chi connectivity index (χ1) is 7.95. The van der Waals surface area contributed by atoms with E-state index in [4.69, 9.17) is 4.74 Å². The van der Waals surface area contributed by atoms with Crippen molar-refractivity contribution in [2.75, 3.05) is 51.7 Å². The monoisotopic (exact) mass is 244 g/mol. The zero-order valence-electron chi connectivity index (χ0n) is 10.1. The molecular weight excluding hydrogens is 220 g/mol. The molecule has 0 saturated carbocycles. The average molecular weight is 244 g/mol. The molecule has 1 atom stereocenters. The van der Waals surface area contributed by atoms with Crippen LogP contribution in [0, 0.1) is 0 Å². The summed E-state index contributed by atoms with van der Waals surface area (Å²) >= 11 is 2.15. The predicted molar refractivity (Wildman–Crippen MR) is 70.2 cm³/mol. The Bertz CT molecular complexity index is 160. The fraction of sp³-hybridized carbons (Fsp3) is 1.00. The van der Waals surface area contributed by atoms with Crippen LogP contribution in [0.2, 0.25) is 0 Å². The number of hydrogen-bond acceptors (Lipinski definition) is 4. The van der Waals surface area contributed by atoms with Crippen LogP contribution in [0.1, 0.15) is 19.3 Å². The highest BCUT2D eigenvalue weighted by molar-refractivity contribution is 8.00. The number of morpholine rings is 1. The van der Waals surface area contributed by atoms with Crippen molar-refractivity contribution in [3.05, 3.63) is 0 Å². The van der Waals surface area contributed by atoms with Crippen LogP contribution in [0.25, 0.3) is 0 Å². The molecule has 0 aliphatic carbocycles. The molecule has 0 aromatic rings. The molecule has 94 valence electrons. The molecule has 1 N–H and O–H groups in total. The molecule has 2 rings (SSSR count). The maximum absolute atomic E-state index is 5.35. The summed E-state index contributed by atoms with van der Waals surface area (Å²) in [5, 5.41) is 4.35. The van der Waals surface area contributed by atoms with Crippen LogP contribution < -0.4 is 5.32 Å². The molecule has 0 amide bonds. The van der Waals surface area contributed by atoms with E-state index in [-0.39, 0.29) is 0 Å². The van der Waals surface area contributed by atoms with Gasteiger partial charge in [0, 0.05) is 37.2 Å². The van der Waals surface area contributed by atoms with Gasteiger partial charge < -0.3 is 10.1 Å². The zero-order valence-corrected chi connectivity index (χ0v) is 10.9. The second-order valence-corrected chi connectivity index (χ2v) is 6.05. The maximum Gasteiger partial charge on any atom is 0.0594 e. The van der Waals surface area contributed by atoms with E-state index < -0.39 is 0 Å². The fourth-order valence-corrected chi connectivity index (χ4v) is 3.50. The summed E-state index contributed by atoms with van der Waals surface area (Å²) in [4.78, 5) is 2.54. The molecule has 0 bridgehead atoms. The van der Waals surface area contributed by atoms with Crippen molar-refractivity contribution < 1.29 is 4.74 Å². The molecule has 2 aliphatic heterocycles. The van der Waals surface area contributed by atoms with E-state index in [2.05, 4.69) is 22.0 Å². The van der Waals surface area contributed by atoms with Crippen molar-refractivity contribution >= 4 is 11.8 Å². The molecule has 2 heterocycles. The third-order valence-corrected chi connectivity index (χ3v) is 4.67. The Morgan fingerprint density at radius 3 is 2.88 bits per heavy atom. The highest BCUT2D eigenvalue weighted by atomic mass is 32.2. The highest BCUT2D eigenvalue weighted by Crippen LogP contribution is 2.19. The zero-order chi connectivity index (χ0) is 11.1. The largest absolute Gasteiger partial charge is 0.379 e. The third-order valence-electron chi connectivity index (χ3n) is 3.36. The van der Waals surface area contributed by atoms with Gasteiger partial charge in [-0.25, -0.2) is 0 Å². The topological polar surface area (TPSA) is 24.5 Å². The van der Waals surface area contributed by atoms with E-state index in [9.17, 15) is 0 Å². The number of thioether (sulfide) groups is 1. The Hall–Kier alpha value is 0.230. The standard InChI is InChI=1S/C12H24N2OS/c1(3-12-11-13-4-10-16-12)2-5-14-6-8-15-9-7-14/h12-13H,1-11H2. The van der Waals surface area contributed by atoms with E-state index >= 15 is 0 Å². The second-order valence-electron chi connectivity index (χ2n) is 4.65. The molecule has 0 radical (unpaired) electrons. The molecule has 2 fully saturated rings. The Balaban J connectivity index is 1.47. The van der Waals surface area contributed by atoms with E-state index in [0.29, 0.717) is 0 Å². The lowest BCUT2D eigenvalue weighted by Gasteiger charge is -2.27. The summed E-state index contributed by atoms with van der Waals surface area (Å²) in [5.74, 6) is 1.30. The van der Waals surface area contributed by atoms with Crippen molar-refractivity contribution in [3.63, 3.8) is 0 Å². The molecule has 4 heteroatoms. The fourth-order valence-electron chi connectivity index (χ4n) is 2.34. The van der Waals surface area contributed by atoms with Gasteiger partial charge in [-0.05, 0) is 19.4 Å². The smallest absolute Gasteiger partial charge is 0.0594 e. The first kappa shape index (κ1) is 12.7. The number of ether oxygens (including phenoxy) is 1. The van der Waals surface area contributed by atoms with Gasteiger partial charge in [0.25, 0.3) is 0 Å². The maximum atomic E-state index is 5.35. The summed E-state index contributed by atoms with van der Waals surface area (Å²) < 4.78 is 5.35. The van der Waals surface area contributed by atoms with Gasteiger partial charge in [0.1, 0.15) is 0 Å². The lowest BCUT2D eigenvalue weighted by Crippen LogP contribution is -2.37. The van der Waals surface area contributed by atoms with Gasteiger partial charge in [0.15, 0.2) is 0 Å². The Labute approximate surface area is 103 Å². The summed E-state index contributed by atoms with van der Waals surface area (Å²) in [6.07, 6.45) is 4.13. The molecule has 16 heavy (non-hydrogen) atoms. The van der Waals surface area contributed by atoms with Crippen LogP contribution in [-0.2, 0) is 4.74 Å². The molecular formula is C12H24N2OS. The molecule has 2 aliphatic rings. The van der Waals surface area contributed by atoms with Crippen LogP contribution in [0.4, 0.5) is 0 Å². The molecule has 0 spiro atoms. The number of hydrogen-bond donors (Lipinski definition) is 1. The third kappa shape index (κ3) is 4.62.